The first-order valence-corrected chi connectivity index (χ1v) is 8.00. The van der Waals surface area contributed by atoms with Gasteiger partial charge in [0.2, 0.25) is 0 Å². The Hall–Kier alpha value is -1.86. The predicted octanol–water partition coefficient (Wildman–Crippen LogP) is 3.34. The maximum atomic E-state index is 12.8. The molecule has 0 spiro atoms. The van der Waals surface area contributed by atoms with E-state index < -0.39 is 17.8 Å². The van der Waals surface area contributed by atoms with Crippen molar-refractivity contribution < 1.29 is 18.3 Å². The van der Waals surface area contributed by atoms with Gasteiger partial charge < -0.3 is 10.0 Å². The van der Waals surface area contributed by atoms with E-state index in [4.69, 9.17) is 0 Å². The molecule has 1 saturated heterocycles. The first-order chi connectivity index (χ1) is 11.4. The van der Waals surface area contributed by atoms with Crippen molar-refractivity contribution in [2.75, 3.05) is 19.6 Å². The van der Waals surface area contributed by atoms with Gasteiger partial charge in [0.15, 0.2) is 0 Å². The summed E-state index contributed by atoms with van der Waals surface area (Å²) in [5.74, 6) is 0.425. The molecule has 3 rings (SSSR count). The molecule has 1 aliphatic heterocycles. The lowest BCUT2D eigenvalue weighted by Gasteiger charge is -2.32. The molecule has 0 amide bonds. The molecule has 0 radical (unpaired) electrons. The molecule has 1 aromatic carbocycles. The molecule has 7 heteroatoms. The van der Waals surface area contributed by atoms with Crippen LogP contribution < -0.4 is 0 Å². The Morgan fingerprint density at radius 2 is 2.00 bits per heavy atom. The van der Waals surface area contributed by atoms with Crippen molar-refractivity contribution in [1.82, 2.24) is 15.1 Å². The van der Waals surface area contributed by atoms with Crippen LogP contribution in [0.5, 0.6) is 0 Å². The minimum Gasteiger partial charge on any atom is -0.387 e. The summed E-state index contributed by atoms with van der Waals surface area (Å²) in [6.45, 7) is 1.95. The third-order valence-corrected chi connectivity index (χ3v) is 4.58. The van der Waals surface area contributed by atoms with Crippen molar-refractivity contribution in [2.24, 2.45) is 0 Å². The zero-order valence-electron chi connectivity index (χ0n) is 13.1. The fourth-order valence-electron chi connectivity index (χ4n) is 3.19. The first kappa shape index (κ1) is 17.0. The number of halogens is 3. The molecule has 0 aliphatic carbocycles. The summed E-state index contributed by atoms with van der Waals surface area (Å²) < 4.78 is 38.3. The number of aromatic nitrogens is 2. The van der Waals surface area contributed by atoms with Gasteiger partial charge in [-0.05, 0) is 49.7 Å². The molecule has 1 fully saturated rings. The van der Waals surface area contributed by atoms with Gasteiger partial charge in [0.25, 0.3) is 0 Å². The monoisotopic (exact) mass is 339 g/mol. The second-order valence-corrected chi connectivity index (χ2v) is 6.23. The highest BCUT2D eigenvalue weighted by Crippen LogP contribution is 2.31. The summed E-state index contributed by atoms with van der Waals surface area (Å²) in [5.41, 5.74) is 0.700. The Morgan fingerprint density at radius 3 is 2.62 bits per heavy atom. The molecule has 2 heterocycles. The molecule has 0 unspecified atom stereocenters. The Morgan fingerprint density at radius 1 is 1.25 bits per heavy atom. The van der Waals surface area contributed by atoms with E-state index in [1.807, 2.05) is 6.07 Å². The van der Waals surface area contributed by atoms with Crippen molar-refractivity contribution >= 4 is 0 Å². The number of rotatable bonds is 4. The van der Waals surface area contributed by atoms with Crippen molar-refractivity contribution in [3.05, 3.63) is 53.3 Å². The second kappa shape index (κ2) is 6.94. The molecule has 0 saturated carbocycles. The third kappa shape index (κ3) is 3.96. The highest BCUT2D eigenvalue weighted by Gasteiger charge is 2.31. The Labute approximate surface area is 138 Å². The molecule has 0 bridgehead atoms. The number of piperidine rings is 1. The number of β-amino-alcohol motifs (C(OH)–C–C–N with tert-alkyl or cyclic N) is 1. The van der Waals surface area contributed by atoms with E-state index >= 15 is 0 Å². The largest absolute Gasteiger partial charge is 0.416 e. The molecule has 4 nitrogen and oxygen atoms in total. The quantitative estimate of drug-likeness (QED) is 0.898. The standard InChI is InChI=1S/C17H20F3N3O/c18-17(19,20)14-3-1-2-13(10-14)16(24)11-23-8-5-12(6-9-23)15-4-7-21-22-15/h1-4,7,10,12,16,24H,5-6,8-9,11H2,(H,21,22)/t16-/m1/s1. The summed E-state index contributed by atoms with van der Waals surface area (Å²) in [6, 6.07) is 6.90. The second-order valence-electron chi connectivity index (χ2n) is 6.23. The summed E-state index contributed by atoms with van der Waals surface area (Å²) in [5, 5.41) is 17.2. The number of aliphatic hydroxyl groups excluding tert-OH is 1. The number of benzene rings is 1. The van der Waals surface area contributed by atoms with Crippen LogP contribution in [0.2, 0.25) is 0 Å². The maximum absolute atomic E-state index is 12.8. The highest BCUT2D eigenvalue weighted by molar-refractivity contribution is 5.27. The van der Waals surface area contributed by atoms with Crippen LogP contribution >= 0.6 is 0 Å². The van der Waals surface area contributed by atoms with Crippen LogP contribution in [0.15, 0.2) is 36.5 Å². The zero-order chi connectivity index (χ0) is 17.2. The Kier molecular flexibility index (Phi) is 4.91. The lowest BCUT2D eigenvalue weighted by Crippen LogP contribution is -2.36. The number of alkyl halides is 3. The topological polar surface area (TPSA) is 52.1 Å². The Balaban J connectivity index is 1.57. The molecule has 2 aromatic rings. The molecule has 24 heavy (non-hydrogen) atoms. The minimum absolute atomic E-state index is 0.306. The average Bonchev–Trinajstić information content (AvgIpc) is 3.09. The molecule has 1 atom stereocenters. The van der Waals surface area contributed by atoms with Crippen molar-refractivity contribution in [2.45, 2.75) is 31.0 Å². The van der Waals surface area contributed by atoms with Crippen LogP contribution in [0.3, 0.4) is 0 Å². The zero-order valence-corrected chi connectivity index (χ0v) is 13.1. The fraction of sp³-hybridized carbons (Fsp3) is 0.471. The first-order valence-electron chi connectivity index (χ1n) is 8.00. The number of nitrogens with one attached hydrogen (secondary N) is 1. The van der Waals surface area contributed by atoms with Crippen molar-refractivity contribution in [3.63, 3.8) is 0 Å². The normalized spacial score (nSPS) is 18.7. The van der Waals surface area contributed by atoms with Crippen LogP contribution in [-0.4, -0.2) is 39.8 Å². The van der Waals surface area contributed by atoms with Gasteiger partial charge in [-0.2, -0.15) is 18.3 Å². The number of H-pyrrole nitrogens is 1. The van der Waals surface area contributed by atoms with Crippen molar-refractivity contribution in [3.8, 4) is 0 Å². The molecule has 1 aromatic heterocycles. The maximum Gasteiger partial charge on any atom is 0.416 e. The van der Waals surface area contributed by atoms with E-state index in [1.54, 1.807) is 6.20 Å². The fourth-order valence-corrected chi connectivity index (χ4v) is 3.19. The number of hydrogen-bond acceptors (Lipinski definition) is 3. The number of aromatic amines is 1. The molecule has 2 N–H and O–H groups in total. The number of aliphatic hydroxyl groups is 1. The van der Waals surface area contributed by atoms with E-state index in [0.29, 0.717) is 18.0 Å². The highest BCUT2D eigenvalue weighted by atomic mass is 19.4. The van der Waals surface area contributed by atoms with Gasteiger partial charge in [-0.3, -0.25) is 5.10 Å². The van der Waals surface area contributed by atoms with Gasteiger partial charge >= 0.3 is 6.18 Å². The van der Waals surface area contributed by atoms with Crippen LogP contribution in [0.4, 0.5) is 13.2 Å². The van der Waals surface area contributed by atoms with Gasteiger partial charge in [0.1, 0.15) is 0 Å². The van der Waals surface area contributed by atoms with E-state index in [-0.39, 0.29) is 0 Å². The summed E-state index contributed by atoms with van der Waals surface area (Å²) in [7, 11) is 0. The van der Waals surface area contributed by atoms with Crippen LogP contribution in [0, 0.1) is 0 Å². The minimum atomic E-state index is -4.39. The van der Waals surface area contributed by atoms with Gasteiger partial charge in [-0.1, -0.05) is 12.1 Å². The Bertz CT molecular complexity index is 649. The number of nitrogens with zero attached hydrogens (tertiary/aromatic N) is 2. The SMILES string of the molecule is O[C@H](CN1CCC(c2ccn[nH]2)CC1)c1cccc(C(F)(F)F)c1. The average molecular weight is 339 g/mol. The van der Waals surface area contributed by atoms with Crippen LogP contribution in [0.1, 0.15) is 41.7 Å². The molecule has 1 aliphatic rings. The predicted molar refractivity (Wildman–Crippen MR) is 83.4 cm³/mol. The molecular formula is C17H20F3N3O. The van der Waals surface area contributed by atoms with Crippen molar-refractivity contribution in [1.29, 1.82) is 0 Å². The molecule has 130 valence electrons. The van der Waals surface area contributed by atoms with Gasteiger partial charge in [-0.25, -0.2) is 0 Å². The summed E-state index contributed by atoms with van der Waals surface area (Å²) in [6.07, 6.45) is -1.69. The summed E-state index contributed by atoms with van der Waals surface area (Å²) >= 11 is 0. The van der Waals surface area contributed by atoms with E-state index in [9.17, 15) is 18.3 Å². The lowest BCUT2D eigenvalue weighted by atomic mass is 9.93. The van der Waals surface area contributed by atoms with Crippen LogP contribution in [0.25, 0.3) is 0 Å². The smallest absolute Gasteiger partial charge is 0.387 e. The number of likely N-dealkylation sites (tertiary alicyclic amines) is 1. The van der Waals surface area contributed by atoms with Gasteiger partial charge in [0.05, 0.1) is 11.7 Å². The van der Waals surface area contributed by atoms with E-state index in [0.717, 1.165) is 43.8 Å². The van der Waals surface area contributed by atoms with E-state index in [2.05, 4.69) is 15.1 Å². The lowest BCUT2D eigenvalue weighted by molar-refractivity contribution is -0.137. The molecular weight excluding hydrogens is 319 g/mol. The van der Waals surface area contributed by atoms with Crippen LogP contribution in [-0.2, 0) is 6.18 Å². The number of hydrogen-bond donors (Lipinski definition) is 2. The van der Waals surface area contributed by atoms with Gasteiger partial charge in [-0.15, -0.1) is 0 Å². The van der Waals surface area contributed by atoms with E-state index in [1.165, 1.54) is 12.1 Å². The third-order valence-electron chi connectivity index (χ3n) is 4.58. The van der Waals surface area contributed by atoms with Gasteiger partial charge in [0, 0.05) is 24.4 Å². The summed E-state index contributed by atoms with van der Waals surface area (Å²) in [4.78, 5) is 2.10.